The molecule has 0 bridgehead atoms. The van der Waals surface area contributed by atoms with Gasteiger partial charge in [0.25, 0.3) is 0 Å². The van der Waals surface area contributed by atoms with E-state index in [1.165, 1.54) is 0 Å². The zero-order chi connectivity index (χ0) is 16.5. The fourth-order valence-electron chi connectivity index (χ4n) is 2.00. The van der Waals surface area contributed by atoms with Crippen LogP contribution < -0.4 is 19.5 Å². The minimum atomic E-state index is -0.0543. The summed E-state index contributed by atoms with van der Waals surface area (Å²) in [5.74, 6) is 2.21. The minimum Gasteiger partial charge on any atom is -0.497 e. The van der Waals surface area contributed by atoms with Gasteiger partial charge < -0.3 is 19.5 Å². The van der Waals surface area contributed by atoms with E-state index >= 15 is 0 Å². The van der Waals surface area contributed by atoms with Crippen molar-refractivity contribution in [3.8, 4) is 17.2 Å². The maximum Gasteiger partial charge on any atom is 0.223 e. The first kappa shape index (κ1) is 16.7. The van der Waals surface area contributed by atoms with E-state index in [-0.39, 0.29) is 5.91 Å². The van der Waals surface area contributed by atoms with E-state index in [4.69, 9.17) is 14.2 Å². The molecule has 23 heavy (non-hydrogen) atoms. The van der Waals surface area contributed by atoms with Crippen molar-refractivity contribution in [3.05, 3.63) is 54.1 Å². The molecule has 2 aromatic rings. The molecule has 1 N–H and O–H groups in total. The second-order valence-corrected chi connectivity index (χ2v) is 4.90. The van der Waals surface area contributed by atoms with Crippen LogP contribution in [0.5, 0.6) is 17.2 Å². The van der Waals surface area contributed by atoms with Crippen LogP contribution in [0, 0.1) is 0 Å². The number of amides is 1. The highest BCUT2D eigenvalue weighted by molar-refractivity contribution is 5.76. The van der Waals surface area contributed by atoms with Crippen LogP contribution in [-0.4, -0.2) is 26.7 Å². The molecule has 0 aromatic heterocycles. The van der Waals surface area contributed by atoms with E-state index < -0.39 is 0 Å². The molecule has 0 saturated heterocycles. The summed E-state index contributed by atoms with van der Waals surface area (Å²) < 4.78 is 15.8. The van der Waals surface area contributed by atoms with E-state index in [0.29, 0.717) is 25.3 Å². The summed E-state index contributed by atoms with van der Waals surface area (Å²) >= 11 is 0. The number of methoxy groups -OCH3 is 2. The van der Waals surface area contributed by atoms with Gasteiger partial charge in [-0.3, -0.25) is 4.79 Å². The molecule has 1 amide bonds. The van der Waals surface area contributed by atoms with E-state index in [1.54, 1.807) is 14.2 Å². The maximum absolute atomic E-state index is 11.8. The first-order valence-corrected chi connectivity index (χ1v) is 7.38. The average molecular weight is 315 g/mol. The molecular weight excluding hydrogens is 294 g/mol. The van der Waals surface area contributed by atoms with Gasteiger partial charge in [0.15, 0.2) is 0 Å². The van der Waals surface area contributed by atoms with Gasteiger partial charge >= 0.3 is 0 Å². The van der Waals surface area contributed by atoms with Gasteiger partial charge in [0.2, 0.25) is 5.91 Å². The van der Waals surface area contributed by atoms with E-state index in [1.807, 2.05) is 48.5 Å². The second kappa shape index (κ2) is 8.68. The fraction of sp³-hybridized carbons (Fsp3) is 0.278. The number of hydrogen-bond acceptors (Lipinski definition) is 4. The summed E-state index contributed by atoms with van der Waals surface area (Å²) in [5.41, 5.74) is 0.994. The summed E-state index contributed by atoms with van der Waals surface area (Å²) in [6, 6.07) is 14.9. The van der Waals surface area contributed by atoms with Gasteiger partial charge in [-0.15, -0.1) is 0 Å². The molecule has 0 saturated carbocycles. The molecule has 0 aliphatic heterocycles. The molecule has 0 atom stereocenters. The van der Waals surface area contributed by atoms with Crippen molar-refractivity contribution >= 4 is 5.91 Å². The number of carbonyl (C=O) groups excluding carboxylic acids is 1. The van der Waals surface area contributed by atoms with Crippen LogP contribution in [0.2, 0.25) is 0 Å². The Morgan fingerprint density at radius 1 is 0.957 bits per heavy atom. The summed E-state index contributed by atoms with van der Waals surface area (Å²) in [4.78, 5) is 11.8. The van der Waals surface area contributed by atoms with Gasteiger partial charge in [0.1, 0.15) is 17.2 Å². The largest absolute Gasteiger partial charge is 0.497 e. The SMILES string of the molecule is COc1ccc(OCCC(=O)NCc2cccc(OC)c2)cc1. The highest BCUT2D eigenvalue weighted by atomic mass is 16.5. The van der Waals surface area contributed by atoms with E-state index in [2.05, 4.69) is 5.32 Å². The Kier molecular flexibility index (Phi) is 6.29. The summed E-state index contributed by atoms with van der Waals surface area (Å²) in [5, 5.41) is 2.86. The standard InChI is InChI=1S/C18H21NO4/c1-21-15-6-8-16(9-7-15)23-11-10-18(20)19-13-14-4-3-5-17(12-14)22-2/h3-9,12H,10-11,13H2,1-2H3,(H,19,20). The lowest BCUT2D eigenvalue weighted by atomic mass is 10.2. The molecule has 5 nitrogen and oxygen atoms in total. The van der Waals surface area contributed by atoms with Gasteiger partial charge in [0.05, 0.1) is 27.2 Å². The molecule has 0 heterocycles. The Labute approximate surface area is 136 Å². The average Bonchev–Trinajstić information content (AvgIpc) is 2.61. The minimum absolute atomic E-state index is 0.0543. The number of benzene rings is 2. The smallest absolute Gasteiger partial charge is 0.223 e. The Balaban J connectivity index is 1.70. The first-order valence-electron chi connectivity index (χ1n) is 7.38. The zero-order valence-electron chi connectivity index (χ0n) is 13.4. The monoisotopic (exact) mass is 315 g/mol. The van der Waals surface area contributed by atoms with Crippen LogP contribution in [0.25, 0.3) is 0 Å². The second-order valence-electron chi connectivity index (χ2n) is 4.90. The third-order valence-electron chi connectivity index (χ3n) is 3.28. The normalized spacial score (nSPS) is 10.0. The molecule has 0 spiro atoms. The summed E-state index contributed by atoms with van der Waals surface area (Å²) in [6.07, 6.45) is 0.302. The number of ether oxygens (including phenoxy) is 3. The predicted octanol–water partition coefficient (Wildman–Crippen LogP) is 2.79. The van der Waals surface area contributed by atoms with Gasteiger partial charge in [-0.05, 0) is 42.0 Å². The van der Waals surface area contributed by atoms with Crippen LogP contribution >= 0.6 is 0 Å². The fourth-order valence-corrected chi connectivity index (χ4v) is 2.00. The molecular formula is C18H21NO4. The van der Waals surface area contributed by atoms with E-state index in [9.17, 15) is 4.79 Å². The Morgan fingerprint density at radius 2 is 1.65 bits per heavy atom. The third-order valence-corrected chi connectivity index (χ3v) is 3.28. The van der Waals surface area contributed by atoms with Crippen molar-refractivity contribution in [2.24, 2.45) is 0 Å². The van der Waals surface area contributed by atoms with Gasteiger partial charge in [0, 0.05) is 6.54 Å². The number of hydrogen-bond donors (Lipinski definition) is 1. The Hall–Kier alpha value is -2.69. The van der Waals surface area contributed by atoms with Crippen LogP contribution in [0.4, 0.5) is 0 Å². The molecule has 5 heteroatoms. The topological polar surface area (TPSA) is 56.8 Å². The van der Waals surface area contributed by atoms with Crippen molar-refractivity contribution in [1.29, 1.82) is 0 Å². The Bertz CT molecular complexity index is 625. The van der Waals surface area contributed by atoms with Crippen molar-refractivity contribution < 1.29 is 19.0 Å². The molecule has 0 unspecified atom stereocenters. The molecule has 0 aliphatic carbocycles. The molecule has 0 radical (unpaired) electrons. The van der Waals surface area contributed by atoms with Crippen molar-refractivity contribution in [1.82, 2.24) is 5.32 Å². The van der Waals surface area contributed by atoms with Crippen LogP contribution in [-0.2, 0) is 11.3 Å². The zero-order valence-corrected chi connectivity index (χ0v) is 13.4. The molecule has 2 aromatic carbocycles. The van der Waals surface area contributed by atoms with E-state index in [0.717, 1.165) is 17.1 Å². The lowest BCUT2D eigenvalue weighted by Gasteiger charge is -2.08. The molecule has 0 aliphatic rings. The molecule has 122 valence electrons. The highest BCUT2D eigenvalue weighted by Gasteiger charge is 2.03. The highest BCUT2D eigenvalue weighted by Crippen LogP contribution is 2.17. The van der Waals surface area contributed by atoms with Gasteiger partial charge in [-0.1, -0.05) is 12.1 Å². The summed E-state index contributed by atoms with van der Waals surface area (Å²) in [6.45, 7) is 0.800. The van der Waals surface area contributed by atoms with Crippen LogP contribution in [0.15, 0.2) is 48.5 Å². The van der Waals surface area contributed by atoms with Crippen LogP contribution in [0.3, 0.4) is 0 Å². The van der Waals surface area contributed by atoms with Crippen molar-refractivity contribution in [3.63, 3.8) is 0 Å². The summed E-state index contributed by atoms with van der Waals surface area (Å²) in [7, 11) is 3.23. The first-order chi connectivity index (χ1) is 11.2. The third kappa shape index (κ3) is 5.54. The number of nitrogens with one attached hydrogen (secondary N) is 1. The quantitative estimate of drug-likeness (QED) is 0.814. The lowest BCUT2D eigenvalue weighted by Crippen LogP contribution is -2.24. The van der Waals surface area contributed by atoms with Crippen molar-refractivity contribution in [2.75, 3.05) is 20.8 Å². The lowest BCUT2D eigenvalue weighted by molar-refractivity contribution is -0.121. The molecule has 0 fully saturated rings. The van der Waals surface area contributed by atoms with Gasteiger partial charge in [-0.2, -0.15) is 0 Å². The van der Waals surface area contributed by atoms with Crippen molar-refractivity contribution in [2.45, 2.75) is 13.0 Å². The maximum atomic E-state index is 11.8. The number of carbonyl (C=O) groups is 1. The predicted molar refractivity (Wildman–Crippen MR) is 87.9 cm³/mol. The van der Waals surface area contributed by atoms with Crippen LogP contribution in [0.1, 0.15) is 12.0 Å². The number of rotatable bonds is 8. The van der Waals surface area contributed by atoms with Gasteiger partial charge in [-0.25, -0.2) is 0 Å². The molecule has 2 rings (SSSR count). The Morgan fingerprint density at radius 3 is 2.35 bits per heavy atom.